The average Bonchev–Trinajstić information content (AvgIpc) is 1.98. The molecule has 2 nitrogen and oxygen atoms in total. The van der Waals surface area contributed by atoms with E-state index in [1.54, 1.807) is 6.92 Å². The van der Waals surface area contributed by atoms with Crippen LogP contribution < -0.4 is 0 Å². The van der Waals surface area contributed by atoms with Crippen molar-refractivity contribution in [3.8, 4) is 0 Å². The van der Waals surface area contributed by atoms with Gasteiger partial charge in [-0.2, -0.15) is 0 Å². The molecule has 0 heterocycles. The van der Waals surface area contributed by atoms with Gasteiger partial charge in [-0.25, -0.2) is 0 Å². The van der Waals surface area contributed by atoms with Gasteiger partial charge < -0.3 is 4.79 Å². The Hall–Kier alpha value is -0.660. The Kier molecular flexibility index (Phi) is 6.63. The maximum Gasteiger partial charge on any atom is 0.132 e. The minimum absolute atomic E-state index is 0.220. The summed E-state index contributed by atoms with van der Waals surface area (Å²) in [5.41, 5.74) is 0. The summed E-state index contributed by atoms with van der Waals surface area (Å²) in [5, 5.41) is 0. The molecule has 0 aromatic carbocycles. The molecule has 70 valence electrons. The number of carbonyl (C=O) groups excluding carboxylic acids is 2. The average molecular weight is 170 g/mol. The maximum atomic E-state index is 11.0. The smallest absolute Gasteiger partial charge is 0.132 e. The molecule has 0 atom stereocenters. The Morgan fingerprint density at radius 1 is 1.00 bits per heavy atom. The first-order valence-corrected chi connectivity index (χ1v) is 4.68. The van der Waals surface area contributed by atoms with Gasteiger partial charge >= 0.3 is 0 Å². The topological polar surface area (TPSA) is 34.1 Å². The van der Waals surface area contributed by atoms with Crippen LogP contribution in [-0.2, 0) is 9.59 Å². The minimum Gasteiger partial charge on any atom is -0.300 e. The van der Waals surface area contributed by atoms with Crippen molar-refractivity contribution >= 4 is 11.6 Å². The molecule has 0 aliphatic rings. The summed E-state index contributed by atoms with van der Waals surface area (Å²) in [6.45, 7) is 3.60. The molecule has 0 saturated heterocycles. The second kappa shape index (κ2) is 7.01. The molecular weight excluding hydrogens is 152 g/mol. The molecule has 0 radical (unpaired) electrons. The van der Waals surface area contributed by atoms with Crippen LogP contribution in [0.5, 0.6) is 0 Å². The Balaban J connectivity index is 3.19. The lowest BCUT2D eigenvalue weighted by atomic mass is 10.1. The van der Waals surface area contributed by atoms with E-state index in [-0.39, 0.29) is 5.78 Å². The van der Waals surface area contributed by atoms with E-state index in [9.17, 15) is 9.59 Å². The third-order valence-electron chi connectivity index (χ3n) is 1.76. The van der Waals surface area contributed by atoms with Gasteiger partial charge in [-0.15, -0.1) is 0 Å². The lowest BCUT2D eigenvalue weighted by Crippen LogP contribution is -1.97. The Bertz CT molecular complexity index is 150. The number of Topliss-reactive ketones (excluding diaryl/α,β-unsaturated/α-hetero) is 2. The lowest BCUT2D eigenvalue weighted by molar-refractivity contribution is -0.120. The van der Waals surface area contributed by atoms with Crippen LogP contribution >= 0.6 is 0 Å². The van der Waals surface area contributed by atoms with Gasteiger partial charge in [0.25, 0.3) is 0 Å². The molecule has 12 heavy (non-hydrogen) atoms. The van der Waals surface area contributed by atoms with E-state index in [1.165, 1.54) is 0 Å². The number of hydrogen-bond acceptors (Lipinski definition) is 2. The van der Waals surface area contributed by atoms with E-state index in [0.717, 1.165) is 19.3 Å². The summed E-state index contributed by atoms with van der Waals surface area (Å²) in [5.74, 6) is 0.555. The van der Waals surface area contributed by atoms with Crippen LogP contribution in [0.15, 0.2) is 0 Å². The summed E-state index contributed by atoms with van der Waals surface area (Å²) in [6.07, 6.45) is 4.65. The quantitative estimate of drug-likeness (QED) is 0.550. The Morgan fingerprint density at radius 2 is 1.58 bits per heavy atom. The molecule has 0 aliphatic carbocycles. The van der Waals surface area contributed by atoms with Gasteiger partial charge in [0.2, 0.25) is 0 Å². The first kappa shape index (κ1) is 11.3. The van der Waals surface area contributed by atoms with Crippen molar-refractivity contribution < 1.29 is 9.59 Å². The van der Waals surface area contributed by atoms with Crippen LogP contribution in [0, 0.1) is 0 Å². The second-order valence-electron chi connectivity index (χ2n) is 3.20. The molecule has 0 unspecified atom stereocenters. The SMILES string of the molecule is CCCC(=O)CCCCC(C)=O. The van der Waals surface area contributed by atoms with Gasteiger partial charge in [-0.1, -0.05) is 6.92 Å². The Morgan fingerprint density at radius 3 is 2.08 bits per heavy atom. The highest BCUT2D eigenvalue weighted by Crippen LogP contribution is 2.03. The summed E-state index contributed by atoms with van der Waals surface area (Å²) in [7, 11) is 0. The van der Waals surface area contributed by atoms with Gasteiger partial charge in [0, 0.05) is 19.3 Å². The van der Waals surface area contributed by atoms with Crippen molar-refractivity contribution in [2.45, 2.75) is 52.4 Å². The molecule has 0 rings (SSSR count). The fourth-order valence-electron chi connectivity index (χ4n) is 1.10. The van der Waals surface area contributed by atoms with Crippen molar-refractivity contribution in [2.24, 2.45) is 0 Å². The molecule has 0 saturated carbocycles. The van der Waals surface area contributed by atoms with Gasteiger partial charge in [-0.3, -0.25) is 4.79 Å². The van der Waals surface area contributed by atoms with Gasteiger partial charge in [0.1, 0.15) is 11.6 Å². The van der Waals surface area contributed by atoms with Crippen molar-refractivity contribution in [2.75, 3.05) is 0 Å². The van der Waals surface area contributed by atoms with Gasteiger partial charge in [0.15, 0.2) is 0 Å². The summed E-state index contributed by atoms with van der Waals surface area (Å²) < 4.78 is 0. The van der Waals surface area contributed by atoms with E-state index < -0.39 is 0 Å². The number of unbranched alkanes of at least 4 members (excludes halogenated alkanes) is 1. The first-order chi connectivity index (χ1) is 5.66. The number of ketones is 2. The van der Waals surface area contributed by atoms with E-state index in [2.05, 4.69) is 0 Å². The van der Waals surface area contributed by atoms with Crippen LogP contribution in [0.2, 0.25) is 0 Å². The first-order valence-electron chi connectivity index (χ1n) is 4.68. The van der Waals surface area contributed by atoms with E-state index in [1.807, 2.05) is 6.92 Å². The summed E-state index contributed by atoms with van der Waals surface area (Å²) in [4.78, 5) is 21.5. The normalized spacial score (nSPS) is 9.83. The van der Waals surface area contributed by atoms with Crippen molar-refractivity contribution in [3.05, 3.63) is 0 Å². The predicted molar refractivity (Wildman–Crippen MR) is 49.1 cm³/mol. The highest BCUT2D eigenvalue weighted by atomic mass is 16.1. The van der Waals surface area contributed by atoms with Crippen LogP contribution in [0.3, 0.4) is 0 Å². The van der Waals surface area contributed by atoms with Crippen LogP contribution in [-0.4, -0.2) is 11.6 Å². The van der Waals surface area contributed by atoms with Crippen molar-refractivity contribution in [3.63, 3.8) is 0 Å². The molecule has 0 aromatic heterocycles. The number of rotatable bonds is 7. The summed E-state index contributed by atoms with van der Waals surface area (Å²) >= 11 is 0. The van der Waals surface area contributed by atoms with E-state index in [4.69, 9.17) is 0 Å². The molecule has 2 heteroatoms. The summed E-state index contributed by atoms with van der Waals surface area (Å²) in [6, 6.07) is 0. The molecule has 0 aromatic rings. The fraction of sp³-hybridized carbons (Fsp3) is 0.800. The largest absolute Gasteiger partial charge is 0.300 e. The van der Waals surface area contributed by atoms with Crippen LogP contribution in [0.25, 0.3) is 0 Å². The molecule has 0 bridgehead atoms. The Labute approximate surface area is 74.3 Å². The molecule has 0 amide bonds. The van der Waals surface area contributed by atoms with Crippen molar-refractivity contribution in [1.82, 2.24) is 0 Å². The molecule has 0 N–H and O–H groups in total. The molecule has 0 spiro atoms. The zero-order valence-electron chi connectivity index (χ0n) is 8.06. The lowest BCUT2D eigenvalue weighted by Gasteiger charge is -1.97. The van der Waals surface area contributed by atoms with Gasteiger partial charge in [-0.05, 0) is 26.2 Å². The van der Waals surface area contributed by atoms with Crippen molar-refractivity contribution in [1.29, 1.82) is 0 Å². The highest BCUT2D eigenvalue weighted by molar-refractivity contribution is 5.78. The van der Waals surface area contributed by atoms with Crippen LogP contribution in [0.4, 0.5) is 0 Å². The maximum absolute atomic E-state index is 11.0. The van der Waals surface area contributed by atoms with E-state index >= 15 is 0 Å². The second-order valence-corrected chi connectivity index (χ2v) is 3.20. The minimum atomic E-state index is 0.220. The van der Waals surface area contributed by atoms with E-state index in [0.29, 0.717) is 25.0 Å². The predicted octanol–water partition coefficient (Wildman–Crippen LogP) is 2.51. The molecule has 0 fully saturated rings. The fourth-order valence-corrected chi connectivity index (χ4v) is 1.10. The third kappa shape index (κ3) is 7.45. The van der Waals surface area contributed by atoms with Crippen LogP contribution in [0.1, 0.15) is 52.4 Å². The number of hydrogen-bond donors (Lipinski definition) is 0. The molecule has 0 aliphatic heterocycles. The number of carbonyl (C=O) groups is 2. The highest BCUT2D eigenvalue weighted by Gasteiger charge is 2.00. The molecular formula is C10H18O2. The third-order valence-corrected chi connectivity index (χ3v) is 1.76. The van der Waals surface area contributed by atoms with Gasteiger partial charge in [0.05, 0.1) is 0 Å². The zero-order chi connectivity index (χ0) is 9.40. The monoisotopic (exact) mass is 170 g/mol. The zero-order valence-corrected chi connectivity index (χ0v) is 8.06. The standard InChI is InChI=1S/C10H18O2/c1-3-6-10(12)8-5-4-7-9(2)11/h3-8H2,1-2H3.